The van der Waals surface area contributed by atoms with Crippen LogP contribution in [-0.4, -0.2) is 33.7 Å². The Morgan fingerprint density at radius 1 is 1.37 bits per heavy atom. The van der Waals surface area contributed by atoms with E-state index in [9.17, 15) is 14.4 Å². The molecule has 2 saturated carbocycles. The predicted molar refractivity (Wildman–Crippen MR) is 105 cm³/mol. The molecule has 0 unspecified atom stereocenters. The van der Waals surface area contributed by atoms with Crippen LogP contribution in [0.2, 0.25) is 0 Å². The minimum absolute atomic E-state index is 0.0223. The van der Waals surface area contributed by atoms with Gasteiger partial charge in [0.1, 0.15) is 0 Å². The van der Waals surface area contributed by atoms with Gasteiger partial charge in [0, 0.05) is 17.8 Å². The zero-order chi connectivity index (χ0) is 19.4. The van der Waals surface area contributed by atoms with Crippen LogP contribution >= 0.6 is 11.8 Å². The van der Waals surface area contributed by atoms with Crippen LogP contribution < -0.4 is 16.2 Å². The van der Waals surface area contributed by atoms with Crippen molar-refractivity contribution in [3.05, 3.63) is 22.1 Å². The number of imide groups is 1. The van der Waals surface area contributed by atoms with Gasteiger partial charge in [-0.1, -0.05) is 31.5 Å². The maximum absolute atomic E-state index is 12.1. The van der Waals surface area contributed by atoms with Gasteiger partial charge in [-0.25, -0.2) is 9.78 Å². The molecular formula is C19H28N4O3S. The summed E-state index contributed by atoms with van der Waals surface area (Å²) in [6.07, 6.45) is 6.67. The number of urea groups is 1. The first-order valence-corrected chi connectivity index (χ1v) is 10.8. The van der Waals surface area contributed by atoms with Gasteiger partial charge in [-0.05, 0) is 50.4 Å². The maximum atomic E-state index is 12.1. The largest absolute Gasteiger partial charge is 0.335 e. The summed E-state index contributed by atoms with van der Waals surface area (Å²) in [4.78, 5) is 42.7. The maximum Gasteiger partial charge on any atom is 0.321 e. The van der Waals surface area contributed by atoms with E-state index in [1.807, 2.05) is 13.8 Å². The number of hydrogen-bond donors (Lipinski definition) is 3. The predicted octanol–water partition coefficient (Wildman–Crippen LogP) is 2.46. The van der Waals surface area contributed by atoms with Crippen molar-refractivity contribution < 1.29 is 9.59 Å². The lowest BCUT2D eigenvalue weighted by atomic mass is 9.84. The van der Waals surface area contributed by atoms with Gasteiger partial charge in [0.05, 0.1) is 5.75 Å². The summed E-state index contributed by atoms with van der Waals surface area (Å²) in [5.74, 6) is 1.68. The first-order valence-electron chi connectivity index (χ1n) is 9.78. The number of nitrogens with zero attached hydrogens (tertiary/aromatic N) is 1. The highest BCUT2D eigenvalue weighted by atomic mass is 32.2. The Morgan fingerprint density at radius 2 is 2.19 bits per heavy atom. The van der Waals surface area contributed by atoms with Gasteiger partial charge in [-0.2, -0.15) is 0 Å². The second kappa shape index (κ2) is 8.91. The van der Waals surface area contributed by atoms with Gasteiger partial charge < -0.3 is 10.3 Å². The molecule has 8 heteroatoms. The number of fused-ring (bicyclic) bond motifs is 2. The van der Waals surface area contributed by atoms with E-state index < -0.39 is 11.9 Å². The lowest BCUT2D eigenvalue weighted by molar-refractivity contribution is -0.117. The average Bonchev–Trinajstić information content (AvgIpc) is 3.23. The molecule has 2 bridgehead atoms. The summed E-state index contributed by atoms with van der Waals surface area (Å²) in [6.45, 7) is 4.04. The molecule has 1 heterocycles. The van der Waals surface area contributed by atoms with Crippen LogP contribution in [0.15, 0.2) is 16.0 Å². The molecule has 0 saturated heterocycles. The topological polar surface area (TPSA) is 104 Å². The molecule has 1 aromatic heterocycles. The Bertz CT molecular complexity index is 751. The fourth-order valence-corrected chi connectivity index (χ4v) is 5.18. The molecule has 1 aromatic rings. The number of hydrogen-bond acceptors (Lipinski definition) is 5. The van der Waals surface area contributed by atoms with Crippen molar-refractivity contribution in [2.24, 2.45) is 17.8 Å². The molecule has 3 amide bonds. The van der Waals surface area contributed by atoms with E-state index in [0.29, 0.717) is 23.2 Å². The standard InChI is InChI=1S/C19H28N4O3S/c1-3-4-14-9-16(24)23-19(21-14)27-10-17(25)22-18(26)20-11(2)15-8-12-5-6-13(15)7-12/h9,11-13,15H,3-8,10H2,1-2H3,(H,21,23,24)(H2,20,22,25,26)/t11-,12-,13-,15+/m1/s1. The van der Waals surface area contributed by atoms with Gasteiger partial charge in [-0.15, -0.1) is 0 Å². The SMILES string of the molecule is CCCc1cc(=O)[nH]c(SCC(=O)NC(=O)N[C@H](C)[C@@H]2C[C@@H]3CC[C@@H]2C3)n1. The van der Waals surface area contributed by atoms with E-state index in [-0.39, 0.29) is 17.4 Å². The highest BCUT2D eigenvalue weighted by Gasteiger charge is 2.42. The summed E-state index contributed by atoms with van der Waals surface area (Å²) in [5.41, 5.74) is 0.482. The number of nitrogens with one attached hydrogen (secondary N) is 3. The number of thioether (sulfide) groups is 1. The third kappa shape index (κ3) is 5.34. The highest BCUT2D eigenvalue weighted by Crippen LogP contribution is 2.49. The van der Waals surface area contributed by atoms with Crippen molar-refractivity contribution >= 4 is 23.7 Å². The molecule has 2 aliphatic rings. The quantitative estimate of drug-likeness (QED) is 0.488. The van der Waals surface area contributed by atoms with Gasteiger partial charge >= 0.3 is 6.03 Å². The number of aromatic nitrogens is 2. The van der Waals surface area contributed by atoms with Crippen LogP contribution in [0.3, 0.4) is 0 Å². The Balaban J connectivity index is 1.43. The second-order valence-corrected chi connectivity index (χ2v) is 8.69. The first-order chi connectivity index (χ1) is 12.9. The van der Waals surface area contributed by atoms with Crippen LogP contribution in [0.5, 0.6) is 0 Å². The van der Waals surface area contributed by atoms with Crippen molar-refractivity contribution in [1.29, 1.82) is 0 Å². The Hall–Kier alpha value is -1.83. The third-order valence-corrected chi connectivity index (χ3v) is 6.54. The lowest BCUT2D eigenvalue weighted by Gasteiger charge is -2.28. The Kier molecular flexibility index (Phi) is 6.57. The molecule has 0 aromatic carbocycles. The van der Waals surface area contributed by atoms with Crippen LogP contribution in [-0.2, 0) is 11.2 Å². The number of aryl methyl sites for hydroxylation is 1. The van der Waals surface area contributed by atoms with Crippen molar-refractivity contribution in [1.82, 2.24) is 20.6 Å². The molecule has 27 heavy (non-hydrogen) atoms. The Morgan fingerprint density at radius 3 is 2.85 bits per heavy atom. The monoisotopic (exact) mass is 392 g/mol. The van der Waals surface area contributed by atoms with Crippen LogP contribution in [0, 0.1) is 17.8 Å². The average molecular weight is 393 g/mol. The molecule has 0 aliphatic heterocycles. The minimum atomic E-state index is -0.447. The fourth-order valence-electron chi connectivity index (χ4n) is 4.49. The highest BCUT2D eigenvalue weighted by molar-refractivity contribution is 7.99. The molecule has 4 atom stereocenters. The fraction of sp³-hybridized carbons (Fsp3) is 0.684. The smallest absolute Gasteiger partial charge is 0.321 e. The molecule has 2 aliphatic carbocycles. The number of aromatic amines is 1. The van der Waals surface area contributed by atoms with E-state index in [2.05, 4.69) is 20.6 Å². The van der Waals surface area contributed by atoms with Gasteiger partial charge in [0.25, 0.3) is 5.56 Å². The van der Waals surface area contributed by atoms with Crippen LogP contribution in [0.4, 0.5) is 4.79 Å². The van der Waals surface area contributed by atoms with Crippen LogP contribution in [0.25, 0.3) is 0 Å². The van der Waals surface area contributed by atoms with E-state index in [0.717, 1.165) is 30.0 Å². The summed E-state index contributed by atoms with van der Waals surface area (Å²) >= 11 is 1.12. The minimum Gasteiger partial charge on any atom is -0.335 e. The van der Waals surface area contributed by atoms with Crippen LogP contribution in [0.1, 0.15) is 51.6 Å². The molecule has 2 fully saturated rings. The molecular weight excluding hydrogens is 364 g/mol. The van der Waals surface area contributed by atoms with E-state index in [1.54, 1.807) is 0 Å². The number of carbonyl (C=O) groups excluding carboxylic acids is 2. The lowest BCUT2D eigenvalue weighted by Crippen LogP contribution is -2.47. The van der Waals surface area contributed by atoms with Crippen molar-refractivity contribution in [3.8, 4) is 0 Å². The normalized spacial score (nSPS) is 24.6. The zero-order valence-electron chi connectivity index (χ0n) is 15.9. The summed E-state index contributed by atoms with van der Waals surface area (Å²) in [7, 11) is 0. The molecule has 0 spiro atoms. The summed E-state index contributed by atoms with van der Waals surface area (Å²) in [6, 6.07) is 1.10. The number of H-pyrrole nitrogens is 1. The van der Waals surface area contributed by atoms with Crippen molar-refractivity contribution in [2.75, 3.05) is 5.75 Å². The number of carbonyl (C=O) groups is 2. The zero-order valence-corrected chi connectivity index (χ0v) is 16.7. The summed E-state index contributed by atoms with van der Waals surface area (Å²) in [5, 5.41) is 5.69. The van der Waals surface area contributed by atoms with E-state index in [4.69, 9.17) is 0 Å². The second-order valence-electron chi connectivity index (χ2n) is 7.73. The van der Waals surface area contributed by atoms with Gasteiger partial charge in [0.2, 0.25) is 5.91 Å². The number of rotatable bonds is 7. The number of amides is 3. The third-order valence-electron chi connectivity index (χ3n) is 5.67. The Labute approximate surface area is 163 Å². The molecule has 3 rings (SSSR count). The van der Waals surface area contributed by atoms with E-state index in [1.165, 1.54) is 31.7 Å². The van der Waals surface area contributed by atoms with Crippen molar-refractivity contribution in [3.63, 3.8) is 0 Å². The molecule has 7 nitrogen and oxygen atoms in total. The molecule has 3 N–H and O–H groups in total. The molecule has 0 radical (unpaired) electrons. The van der Waals surface area contributed by atoms with Crippen molar-refractivity contribution in [2.45, 2.75) is 63.6 Å². The molecule has 148 valence electrons. The van der Waals surface area contributed by atoms with Gasteiger partial charge in [0.15, 0.2) is 5.16 Å². The summed E-state index contributed by atoms with van der Waals surface area (Å²) < 4.78 is 0. The van der Waals surface area contributed by atoms with E-state index >= 15 is 0 Å². The first kappa shape index (κ1) is 19.9. The van der Waals surface area contributed by atoms with Gasteiger partial charge in [-0.3, -0.25) is 14.9 Å².